The van der Waals surface area contributed by atoms with Gasteiger partial charge in [-0.25, -0.2) is 9.37 Å². The molecule has 3 aromatic rings. The third kappa shape index (κ3) is 6.73. The molecule has 0 fully saturated rings. The van der Waals surface area contributed by atoms with E-state index in [1.54, 1.807) is 6.33 Å². The number of phenolic OH excluding ortho intramolecular Hbond substituents is 1. The van der Waals surface area contributed by atoms with Crippen LogP contribution in [0.15, 0.2) is 48.8 Å². The molecule has 31 heavy (non-hydrogen) atoms. The summed E-state index contributed by atoms with van der Waals surface area (Å²) < 4.78 is 48.6. The van der Waals surface area contributed by atoms with Gasteiger partial charge < -0.3 is 20.5 Å². The van der Waals surface area contributed by atoms with Crippen LogP contribution >= 0.6 is 0 Å². The van der Waals surface area contributed by atoms with Crippen molar-refractivity contribution in [1.82, 2.24) is 14.9 Å². The van der Waals surface area contributed by atoms with Gasteiger partial charge in [-0.3, -0.25) is 4.55 Å². The molecule has 2 aromatic carbocycles. The number of hydrogen-bond donors (Lipinski definition) is 3. The highest BCUT2D eigenvalue weighted by Crippen LogP contribution is 2.25. The van der Waals surface area contributed by atoms with Crippen LogP contribution in [0.5, 0.6) is 5.75 Å². The Kier molecular flexibility index (Phi) is 7.77. The Morgan fingerprint density at radius 1 is 1.23 bits per heavy atom. The molecule has 0 aliphatic heterocycles. The number of nitrogens with one attached hydrogen (secondary N) is 1. The fourth-order valence-corrected chi connectivity index (χ4v) is 4.24. The highest BCUT2D eigenvalue weighted by molar-refractivity contribution is 7.85. The number of nitrogens with zero attached hydrogens (tertiary/aromatic N) is 2. The van der Waals surface area contributed by atoms with Crippen molar-refractivity contribution < 1.29 is 27.9 Å². The van der Waals surface area contributed by atoms with Crippen molar-refractivity contribution in [2.75, 3.05) is 12.3 Å². The molecule has 10 heteroatoms. The number of aromatic nitrogens is 2. The molecule has 0 aliphatic rings. The average molecular weight is 454 g/mol. The number of aromatic hydroxyl groups is 1. The topological polar surface area (TPSA) is 136 Å². The minimum absolute atomic E-state index is 0. The molecule has 5 N–H and O–H groups in total. The molecular weight excluding hydrogens is 425 g/mol. The van der Waals surface area contributed by atoms with Crippen molar-refractivity contribution in [3.05, 3.63) is 60.2 Å². The first kappa shape index (κ1) is 24.7. The Morgan fingerprint density at radius 3 is 2.61 bits per heavy atom. The van der Waals surface area contributed by atoms with Gasteiger partial charge in [-0.1, -0.05) is 18.2 Å². The molecule has 0 spiro atoms. The van der Waals surface area contributed by atoms with E-state index < -0.39 is 33.1 Å². The minimum atomic E-state index is -4.32. The SMILES string of the molecule is CC(C)(CCn1cnc2ccccc21)NCC(CS(=O)(=O)O)c1ccc(O)cc1F.O. The molecule has 8 nitrogen and oxygen atoms in total. The van der Waals surface area contributed by atoms with Crippen molar-refractivity contribution in [3.8, 4) is 5.75 Å². The standard InChI is InChI=1S/C21H26FN3O4S.H2O/c1-21(2,9-10-25-14-23-19-5-3-4-6-20(19)25)24-12-15(13-30(27,28)29)17-8-7-16(26)11-18(17)22;/h3-8,11,14-15,24,26H,9-10,12-13H2,1-2H3,(H,27,28,29);1H2. The Hall–Kier alpha value is -2.53. The summed E-state index contributed by atoms with van der Waals surface area (Å²) in [6, 6.07) is 11.4. The van der Waals surface area contributed by atoms with Crippen LogP contribution in [0.4, 0.5) is 4.39 Å². The van der Waals surface area contributed by atoms with Gasteiger partial charge in [0, 0.05) is 30.6 Å². The van der Waals surface area contributed by atoms with Crippen LogP contribution in [0.1, 0.15) is 31.7 Å². The van der Waals surface area contributed by atoms with Crippen LogP contribution in [-0.4, -0.2) is 50.9 Å². The summed E-state index contributed by atoms with van der Waals surface area (Å²) in [5.41, 5.74) is 1.67. The quantitative estimate of drug-likeness (QED) is 0.426. The van der Waals surface area contributed by atoms with Crippen molar-refractivity contribution in [2.45, 2.75) is 38.3 Å². The molecule has 1 heterocycles. The Labute approximate surface area is 180 Å². The molecule has 1 unspecified atom stereocenters. The van der Waals surface area contributed by atoms with Crippen LogP contribution in [0, 0.1) is 5.82 Å². The maximum absolute atomic E-state index is 14.3. The van der Waals surface area contributed by atoms with E-state index in [0.29, 0.717) is 13.0 Å². The maximum Gasteiger partial charge on any atom is 0.265 e. The molecule has 0 radical (unpaired) electrons. The molecule has 3 rings (SSSR count). The fraction of sp³-hybridized carbons (Fsp3) is 0.381. The van der Waals surface area contributed by atoms with Gasteiger partial charge in [0.05, 0.1) is 23.1 Å². The van der Waals surface area contributed by atoms with E-state index in [4.69, 9.17) is 0 Å². The van der Waals surface area contributed by atoms with Crippen LogP contribution in [0.3, 0.4) is 0 Å². The number of hydrogen-bond acceptors (Lipinski definition) is 5. The molecule has 0 bridgehead atoms. The van der Waals surface area contributed by atoms with Gasteiger partial charge in [0.1, 0.15) is 11.6 Å². The highest BCUT2D eigenvalue weighted by Gasteiger charge is 2.25. The molecule has 0 saturated carbocycles. The van der Waals surface area contributed by atoms with E-state index in [1.807, 2.05) is 42.7 Å². The first-order valence-corrected chi connectivity index (χ1v) is 11.2. The average Bonchev–Trinajstić information content (AvgIpc) is 3.06. The summed E-state index contributed by atoms with van der Waals surface area (Å²) >= 11 is 0. The Morgan fingerprint density at radius 2 is 1.94 bits per heavy atom. The Balaban J connectivity index is 0.00000341. The van der Waals surface area contributed by atoms with Crippen LogP contribution in [0.25, 0.3) is 11.0 Å². The van der Waals surface area contributed by atoms with E-state index in [-0.39, 0.29) is 23.3 Å². The fourth-order valence-electron chi connectivity index (χ4n) is 3.44. The first-order chi connectivity index (χ1) is 14.0. The molecular formula is C21H28FN3O5S. The zero-order chi connectivity index (χ0) is 21.9. The monoisotopic (exact) mass is 453 g/mol. The maximum atomic E-state index is 14.3. The summed E-state index contributed by atoms with van der Waals surface area (Å²) in [4.78, 5) is 4.38. The third-order valence-corrected chi connectivity index (χ3v) is 5.99. The van der Waals surface area contributed by atoms with Gasteiger partial charge >= 0.3 is 0 Å². The highest BCUT2D eigenvalue weighted by atomic mass is 32.2. The van der Waals surface area contributed by atoms with Gasteiger partial charge in [-0.05, 0) is 44.0 Å². The summed E-state index contributed by atoms with van der Waals surface area (Å²) in [7, 11) is -4.32. The molecule has 0 saturated heterocycles. The summed E-state index contributed by atoms with van der Waals surface area (Å²) in [5, 5.41) is 12.7. The molecule has 1 atom stereocenters. The third-order valence-electron chi connectivity index (χ3n) is 5.17. The van der Waals surface area contributed by atoms with E-state index in [1.165, 1.54) is 12.1 Å². The normalized spacial score (nSPS) is 13.2. The lowest BCUT2D eigenvalue weighted by molar-refractivity contribution is 0.334. The number of rotatable bonds is 9. The number of phenols is 1. The largest absolute Gasteiger partial charge is 0.508 e. The molecule has 0 amide bonds. The number of imidazole rings is 1. The second-order valence-corrected chi connectivity index (χ2v) is 9.59. The number of benzene rings is 2. The zero-order valence-electron chi connectivity index (χ0n) is 17.4. The van der Waals surface area contributed by atoms with Gasteiger partial charge in [0.2, 0.25) is 0 Å². The first-order valence-electron chi connectivity index (χ1n) is 9.62. The van der Waals surface area contributed by atoms with Crippen molar-refractivity contribution in [1.29, 1.82) is 0 Å². The smallest absolute Gasteiger partial charge is 0.265 e. The molecule has 0 aliphatic carbocycles. The number of aryl methyl sites for hydroxylation is 1. The van der Waals surface area contributed by atoms with Crippen LogP contribution in [-0.2, 0) is 16.7 Å². The lowest BCUT2D eigenvalue weighted by Crippen LogP contribution is -2.43. The van der Waals surface area contributed by atoms with Crippen molar-refractivity contribution in [3.63, 3.8) is 0 Å². The number of fused-ring (bicyclic) bond motifs is 1. The van der Waals surface area contributed by atoms with Gasteiger partial charge in [-0.15, -0.1) is 0 Å². The van der Waals surface area contributed by atoms with Crippen LogP contribution in [0.2, 0.25) is 0 Å². The number of para-hydroxylation sites is 2. The second-order valence-electron chi connectivity index (χ2n) is 8.09. The van der Waals surface area contributed by atoms with E-state index in [2.05, 4.69) is 10.3 Å². The van der Waals surface area contributed by atoms with Gasteiger partial charge in [-0.2, -0.15) is 8.42 Å². The second kappa shape index (κ2) is 9.73. The summed E-state index contributed by atoms with van der Waals surface area (Å²) in [5.74, 6) is -2.39. The van der Waals surface area contributed by atoms with Crippen molar-refractivity contribution in [2.24, 2.45) is 0 Å². The Bertz CT molecular complexity index is 1130. The van der Waals surface area contributed by atoms with E-state index >= 15 is 0 Å². The van der Waals surface area contributed by atoms with Crippen molar-refractivity contribution >= 4 is 21.2 Å². The lowest BCUT2D eigenvalue weighted by Gasteiger charge is -2.29. The number of halogens is 1. The minimum Gasteiger partial charge on any atom is -0.508 e. The van der Waals surface area contributed by atoms with Crippen LogP contribution < -0.4 is 5.32 Å². The van der Waals surface area contributed by atoms with Gasteiger partial charge in [0.25, 0.3) is 10.1 Å². The zero-order valence-corrected chi connectivity index (χ0v) is 18.2. The van der Waals surface area contributed by atoms with E-state index in [0.717, 1.165) is 17.1 Å². The molecule has 1 aromatic heterocycles. The summed E-state index contributed by atoms with van der Waals surface area (Å²) in [6.07, 6.45) is 2.50. The molecule has 170 valence electrons. The van der Waals surface area contributed by atoms with Gasteiger partial charge in [0.15, 0.2) is 0 Å². The lowest BCUT2D eigenvalue weighted by atomic mass is 9.96. The predicted octanol–water partition coefficient (Wildman–Crippen LogP) is 2.49. The summed E-state index contributed by atoms with van der Waals surface area (Å²) in [6.45, 7) is 4.78. The predicted molar refractivity (Wildman–Crippen MR) is 117 cm³/mol. The van der Waals surface area contributed by atoms with E-state index in [9.17, 15) is 22.5 Å².